The van der Waals surface area contributed by atoms with Gasteiger partial charge in [-0.05, 0) is 35.8 Å². The Bertz CT molecular complexity index is 398. The number of Topliss-reactive ketones (excluding diaryl/α,β-unsaturated/α-hetero) is 1. The summed E-state index contributed by atoms with van der Waals surface area (Å²) in [4.78, 5) is 12.1. The number of hydrogen-bond acceptors (Lipinski definition) is 1. The molecular formula is C17H26O. The summed E-state index contributed by atoms with van der Waals surface area (Å²) in [5.41, 5.74) is 2.70. The van der Waals surface area contributed by atoms with E-state index in [1.807, 2.05) is 12.1 Å². The van der Waals surface area contributed by atoms with Crippen LogP contribution in [0.25, 0.3) is 0 Å². The van der Waals surface area contributed by atoms with E-state index in [2.05, 4.69) is 46.8 Å². The van der Waals surface area contributed by atoms with Gasteiger partial charge >= 0.3 is 0 Å². The van der Waals surface area contributed by atoms with E-state index in [-0.39, 0.29) is 0 Å². The van der Waals surface area contributed by atoms with E-state index in [9.17, 15) is 4.79 Å². The molecule has 1 unspecified atom stereocenters. The van der Waals surface area contributed by atoms with Crippen LogP contribution in [0.5, 0.6) is 0 Å². The number of carbonyl (C=O) groups is 1. The predicted octanol–water partition coefficient (Wildman–Crippen LogP) is 4.57. The zero-order valence-electron chi connectivity index (χ0n) is 12.4. The van der Waals surface area contributed by atoms with E-state index < -0.39 is 0 Å². The van der Waals surface area contributed by atoms with Crippen molar-refractivity contribution in [2.75, 3.05) is 0 Å². The fourth-order valence-corrected chi connectivity index (χ4v) is 2.60. The highest BCUT2D eigenvalue weighted by Gasteiger charge is 2.18. The van der Waals surface area contributed by atoms with Gasteiger partial charge in [0.15, 0.2) is 0 Å². The monoisotopic (exact) mass is 246 g/mol. The van der Waals surface area contributed by atoms with Crippen molar-refractivity contribution in [2.24, 2.45) is 11.3 Å². The number of benzene rings is 1. The zero-order valence-corrected chi connectivity index (χ0v) is 12.4. The van der Waals surface area contributed by atoms with E-state index >= 15 is 0 Å². The molecule has 0 fully saturated rings. The van der Waals surface area contributed by atoms with Crippen LogP contribution >= 0.6 is 0 Å². The van der Waals surface area contributed by atoms with Gasteiger partial charge in [-0.1, -0.05) is 52.0 Å². The van der Waals surface area contributed by atoms with Crippen LogP contribution in [0.2, 0.25) is 0 Å². The van der Waals surface area contributed by atoms with Crippen LogP contribution in [-0.2, 0) is 11.2 Å². The summed E-state index contributed by atoms with van der Waals surface area (Å²) in [5, 5.41) is 0. The summed E-state index contributed by atoms with van der Waals surface area (Å²) in [6.07, 6.45) is 2.39. The molecule has 1 rings (SSSR count). The number of ketones is 1. The maximum atomic E-state index is 12.1. The maximum Gasteiger partial charge on any atom is 0.137 e. The maximum absolute atomic E-state index is 12.1. The molecule has 0 N–H and O–H groups in total. The second-order valence-electron chi connectivity index (χ2n) is 6.72. The van der Waals surface area contributed by atoms with Crippen LogP contribution < -0.4 is 0 Å². The second-order valence-corrected chi connectivity index (χ2v) is 6.72. The lowest BCUT2D eigenvalue weighted by Crippen LogP contribution is -2.15. The van der Waals surface area contributed by atoms with Gasteiger partial charge in [0.2, 0.25) is 0 Å². The molecule has 0 amide bonds. The van der Waals surface area contributed by atoms with E-state index in [1.165, 1.54) is 11.1 Å². The Morgan fingerprint density at radius 3 is 2.39 bits per heavy atom. The third-order valence-corrected chi connectivity index (χ3v) is 3.19. The average Bonchev–Trinajstić information content (AvgIpc) is 2.18. The van der Waals surface area contributed by atoms with Crippen molar-refractivity contribution in [1.29, 1.82) is 0 Å². The van der Waals surface area contributed by atoms with Gasteiger partial charge in [0.25, 0.3) is 0 Å². The minimum Gasteiger partial charge on any atom is -0.299 e. The highest BCUT2D eigenvalue weighted by molar-refractivity contribution is 5.81. The Kier molecular flexibility index (Phi) is 5.13. The first-order valence-corrected chi connectivity index (χ1v) is 6.84. The molecule has 100 valence electrons. The summed E-state index contributed by atoms with van der Waals surface area (Å²) in [5.74, 6) is 0.836. The molecule has 0 heterocycles. The SMILES string of the molecule is Cc1ccccc1CC(=O)CC(C)CC(C)(C)C. The van der Waals surface area contributed by atoms with Crippen molar-refractivity contribution >= 4 is 5.78 Å². The number of aryl methyl sites for hydroxylation is 1. The van der Waals surface area contributed by atoms with Gasteiger partial charge in [-0.15, -0.1) is 0 Å². The topological polar surface area (TPSA) is 17.1 Å². The lowest BCUT2D eigenvalue weighted by Gasteiger charge is -2.22. The highest BCUT2D eigenvalue weighted by atomic mass is 16.1. The molecule has 1 aromatic rings. The molecule has 0 spiro atoms. The fourth-order valence-electron chi connectivity index (χ4n) is 2.60. The Morgan fingerprint density at radius 2 is 1.83 bits per heavy atom. The summed E-state index contributed by atoms with van der Waals surface area (Å²) >= 11 is 0. The van der Waals surface area contributed by atoms with Gasteiger partial charge in [-0.3, -0.25) is 4.79 Å². The summed E-state index contributed by atoms with van der Waals surface area (Å²) < 4.78 is 0. The molecule has 0 aromatic heterocycles. The largest absolute Gasteiger partial charge is 0.299 e. The highest BCUT2D eigenvalue weighted by Crippen LogP contribution is 2.26. The molecule has 0 aliphatic rings. The molecule has 1 atom stereocenters. The Morgan fingerprint density at radius 1 is 1.22 bits per heavy atom. The smallest absolute Gasteiger partial charge is 0.137 e. The summed E-state index contributed by atoms with van der Waals surface area (Å²) in [6, 6.07) is 8.16. The van der Waals surface area contributed by atoms with Crippen molar-refractivity contribution in [2.45, 2.75) is 53.9 Å². The fraction of sp³-hybridized carbons (Fsp3) is 0.588. The first-order valence-electron chi connectivity index (χ1n) is 6.84. The van der Waals surface area contributed by atoms with Crippen LogP contribution in [0.3, 0.4) is 0 Å². The van der Waals surface area contributed by atoms with Crippen LogP contribution in [0.15, 0.2) is 24.3 Å². The Hall–Kier alpha value is -1.11. The van der Waals surface area contributed by atoms with Crippen molar-refractivity contribution in [3.63, 3.8) is 0 Å². The van der Waals surface area contributed by atoms with Crippen molar-refractivity contribution in [1.82, 2.24) is 0 Å². The first-order chi connectivity index (χ1) is 8.28. The van der Waals surface area contributed by atoms with Crippen molar-refractivity contribution in [3.8, 4) is 0 Å². The molecule has 0 bridgehead atoms. The van der Waals surface area contributed by atoms with Crippen LogP contribution in [-0.4, -0.2) is 5.78 Å². The van der Waals surface area contributed by atoms with Crippen molar-refractivity contribution < 1.29 is 4.79 Å². The number of carbonyl (C=O) groups excluding carboxylic acids is 1. The van der Waals surface area contributed by atoms with Gasteiger partial charge in [-0.2, -0.15) is 0 Å². The predicted molar refractivity (Wildman–Crippen MR) is 77.7 cm³/mol. The Balaban J connectivity index is 2.50. The molecule has 0 saturated carbocycles. The quantitative estimate of drug-likeness (QED) is 0.744. The molecular weight excluding hydrogens is 220 g/mol. The van der Waals surface area contributed by atoms with Gasteiger partial charge in [0, 0.05) is 12.8 Å². The number of rotatable bonds is 5. The Labute approximate surface area is 112 Å². The standard InChI is InChI=1S/C17H26O/c1-13(12-17(3,4)5)10-16(18)11-15-9-7-6-8-14(15)2/h6-9,13H,10-12H2,1-5H3. The van der Waals surface area contributed by atoms with Crippen LogP contribution in [0, 0.1) is 18.3 Å². The molecule has 1 nitrogen and oxygen atoms in total. The third-order valence-electron chi connectivity index (χ3n) is 3.19. The second kappa shape index (κ2) is 6.17. The summed E-state index contributed by atoms with van der Waals surface area (Å²) in [7, 11) is 0. The lowest BCUT2D eigenvalue weighted by molar-refractivity contribution is -0.119. The van der Waals surface area contributed by atoms with Crippen LogP contribution in [0.1, 0.15) is 51.7 Å². The first kappa shape index (κ1) is 14.9. The van der Waals surface area contributed by atoms with E-state index in [1.54, 1.807) is 0 Å². The van der Waals surface area contributed by atoms with Gasteiger partial charge < -0.3 is 0 Å². The molecule has 0 saturated heterocycles. The van der Waals surface area contributed by atoms with E-state index in [0.717, 1.165) is 6.42 Å². The third kappa shape index (κ3) is 5.48. The van der Waals surface area contributed by atoms with Crippen LogP contribution in [0.4, 0.5) is 0 Å². The zero-order chi connectivity index (χ0) is 13.8. The summed E-state index contributed by atoms with van der Waals surface area (Å²) in [6.45, 7) is 10.9. The lowest BCUT2D eigenvalue weighted by atomic mass is 9.83. The molecule has 1 aromatic carbocycles. The minimum absolute atomic E-state index is 0.308. The van der Waals surface area contributed by atoms with Crippen molar-refractivity contribution in [3.05, 3.63) is 35.4 Å². The minimum atomic E-state index is 0.308. The molecule has 0 radical (unpaired) electrons. The molecule has 0 aliphatic carbocycles. The normalized spacial score (nSPS) is 13.4. The molecule has 1 heteroatoms. The average molecular weight is 246 g/mol. The van der Waals surface area contributed by atoms with E-state index in [0.29, 0.717) is 30.0 Å². The van der Waals surface area contributed by atoms with Gasteiger partial charge in [-0.25, -0.2) is 0 Å². The molecule has 0 aliphatic heterocycles. The van der Waals surface area contributed by atoms with Gasteiger partial charge in [0.05, 0.1) is 0 Å². The van der Waals surface area contributed by atoms with E-state index in [4.69, 9.17) is 0 Å². The number of hydrogen-bond donors (Lipinski definition) is 0. The van der Waals surface area contributed by atoms with Gasteiger partial charge in [0.1, 0.15) is 5.78 Å². The molecule has 18 heavy (non-hydrogen) atoms.